The zero-order chi connectivity index (χ0) is 17.7. The van der Waals surface area contributed by atoms with Crippen LogP contribution in [0.4, 0.5) is 5.82 Å². The molecule has 4 heterocycles. The van der Waals surface area contributed by atoms with Crippen LogP contribution in [0, 0.1) is 0 Å². The standard InChI is InChI=1S/C15H18N6O4/c1-20-4-2-3-7(20)13-19-9-12(16)17-6-18-14(9)21(13)15-11(24)10(23)8(5-22)25-15/h2-4,6,8,10-11,15,22-24H,5H2,1H3,(H2,16,17,18)/t8-,10?,11?,15-/m1/s1. The summed E-state index contributed by atoms with van der Waals surface area (Å²) in [6.07, 6.45) is -1.22. The second-order valence-electron chi connectivity index (χ2n) is 5.97. The van der Waals surface area contributed by atoms with Crippen LogP contribution in [-0.4, -0.2) is 64.3 Å². The molecule has 132 valence electrons. The third-order valence-corrected chi connectivity index (χ3v) is 4.45. The first kappa shape index (κ1) is 16.0. The lowest BCUT2D eigenvalue weighted by Crippen LogP contribution is -2.33. The Bertz CT molecular complexity index is 922. The number of anilines is 1. The van der Waals surface area contributed by atoms with E-state index in [-0.39, 0.29) is 5.82 Å². The minimum absolute atomic E-state index is 0.200. The van der Waals surface area contributed by atoms with Crippen molar-refractivity contribution in [1.29, 1.82) is 0 Å². The Kier molecular flexibility index (Phi) is 3.69. The number of nitrogen functional groups attached to an aromatic ring is 1. The molecule has 25 heavy (non-hydrogen) atoms. The van der Waals surface area contributed by atoms with Gasteiger partial charge >= 0.3 is 0 Å². The molecular weight excluding hydrogens is 328 g/mol. The molecule has 0 aromatic carbocycles. The number of nitrogens with two attached hydrogens (primary N) is 1. The molecule has 1 aliphatic heterocycles. The van der Waals surface area contributed by atoms with Crippen molar-refractivity contribution in [3.63, 3.8) is 0 Å². The number of ether oxygens (including phenoxy) is 1. The second kappa shape index (κ2) is 5.77. The summed E-state index contributed by atoms with van der Waals surface area (Å²) in [5, 5.41) is 29.9. The Morgan fingerprint density at radius 3 is 2.72 bits per heavy atom. The van der Waals surface area contributed by atoms with E-state index in [1.165, 1.54) is 6.33 Å². The number of imidazole rings is 1. The number of aryl methyl sites for hydroxylation is 1. The Labute approximate surface area is 142 Å². The molecular formula is C15H18N6O4. The van der Waals surface area contributed by atoms with Gasteiger partial charge in [0.15, 0.2) is 29.0 Å². The lowest BCUT2D eigenvalue weighted by Gasteiger charge is -2.19. The van der Waals surface area contributed by atoms with Crippen molar-refractivity contribution >= 4 is 17.0 Å². The molecule has 5 N–H and O–H groups in total. The Morgan fingerprint density at radius 2 is 2.08 bits per heavy atom. The lowest BCUT2D eigenvalue weighted by molar-refractivity contribution is -0.0503. The van der Waals surface area contributed by atoms with Crippen molar-refractivity contribution in [3.05, 3.63) is 24.7 Å². The van der Waals surface area contributed by atoms with Crippen LogP contribution in [0.25, 0.3) is 22.7 Å². The maximum Gasteiger partial charge on any atom is 0.168 e. The average molecular weight is 346 g/mol. The molecule has 0 bridgehead atoms. The number of aliphatic hydroxyl groups excluding tert-OH is 3. The molecule has 2 unspecified atom stereocenters. The summed E-state index contributed by atoms with van der Waals surface area (Å²) in [6, 6.07) is 3.70. The predicted molar refractivity (Wildman–Crippen MR) is 87.2 cm³/mol. The first-order valence-electron chi connectivity index (χ1n) is 7.75. The number of fused-ring (bicyclic) bond motifs is 1. The van der Waals surface area contributed by atoms with E-state index in [0.717, 1.165) is 5.69 Å². The number of hydrogen-bond donors (Lipinski definition) is 4. The highest BCUT2D eigenvalue weighted by Crippen LogP contribution is 2.36. The van der Waals surface area contributed by atoms with Gasteiger partial charge in [-0.1, -0.05) is 0 Å². The van der Waals surface area contributed by atoms with Crippen LogP contribution in [-0.2, 0) is 11.8 Å². The van der Waals surface area contributed by atoms with E-state index in [9.17, 15) is 15.3 Å². The minimum Gasteiger partial charge on any atom is -0.394 e. The van der Waals surface area contributed by atoms with Crippen molar-refractivity contribution in [2.75, 3.05) is 12.3 Å². The summed E-state index contributed by atoms with van der Waals surface area (Å²) >= 11 is 0. The van der Waals surface area contributed by atoms with Crippen molar-refractivity contribution in [3.8, 4) is 11.5 Å². The van der Waals surface area contributed by atoms with E-state index in [1.807, 2.05) is 29.9 Å². The molecule has 1 fully saturated rings. The van der Waals surface area contributed by atoms with Crippen molar-refractivity contribution in [1.82, 2.24) is 24.1 Å². The van der Waals surface area contributed by atoms with Gasteiger partial charge in [0.2, 0.25) is 0 Å². The van der Waals surface area contributed by atoms with Gasteiger partial charge in [0.25, 0.3) is 0 Å². The minimum atomic E-state index is -1.26. The molecule has 0 spiro atoms. The van der Waals surface area contributed by atoms with Crippen molar-refractivity contribution in [2.45, 2.75) is 24.5 Å². The fraction of sp³-hybridized carbons (Fsp3) is 0.400. The highest BCUT2D eigenvalue weighted by molar-refractivity contribution is 5.85. The van der Waals surface area contributed by atoms with Crippen LogP contribution in [0.2, 0.25) is 0 Å². The fourth-order valence-electron chi connectivity index (χ4n) is 3.13. The van der Waals surface area contributed by atoms with E-state index in [1.54, 1.807) is 4.57 Å². The summed E-state index contributed by atoms with van der Waals surface area (Å²) in [5.41, 5.74) is 7.41. The molecule has 0 radical (unpaired) electrons. The molecule has 0 aliphatic carbocycles. The summed E-state index contributed by atoms with van der Waals surface area (Å²) < 4.78 is 9.09. The zero-order valence-corrected chi connectivity index (χ0v) is 13.4. The van der Waals surface area contributed by atoms with E-state index >= 15 is 0 Å². The van der Waals surface area contributed by atoms with Crippen LogP contribution in [0.15, 0.2) is 24.7 Å². The normalized spacial score (nSPS) is 26.6. The van der Waals surface area contributed by atoms with Gasteiger partial charge in [0, 0.05) is 13.2 Å². The molecule has 4 rings (SSSR count). The SMILES string of the molecule is Cn1cccc1-c1nc2c(N)ncnc2n1[C@@H]1O[C@H](CO)C(O)C1O. The number of aromatic nitrogens is 5. The maximum atomic E-state index is 10.4. The van der Waals surface area contributed by atoms with Gasteiger partial charge in [-0.3, -0.25) is 4.57 Å². The van der Waals surface area contributed by atoms with Gasteiger partial charge in [-0.15, -0.1) is 0 Å². The summed E-state index contributed by atoms with van der Waals surface area (Å²) in [5.74, 6) is 0.662. The summed E-state index contributed by atoms with van der Waals surface area (Å²) in [6.45, 7) is -0.419. The van der Waals surface area contributed by atoms with E-state index < -0.39 is 31.1 Å². The quantitative estimate of drug-likeness (QED) is 0.474. The van der Waals surface area contributed by atoms with Crippen molar-refractivity contribution < 1.29 is 20.1 Å². The molecule has 3 aromatic heterocycles. The number of rotatable bonds is 3. The smallest absolute Gasteiger partial charge is 0.168 e. The third-order valence-electron chi connectivity index (χ3n) is 4.45. The maximum absolute atomic E-state index is 10.4. The topological polar surface area (TPSA) is 144 Å². The van der Waals surface area contributed by atoms with Gasteiger partial charge in [-0.2, -0.15) is 0 Å². The molecule has 1 saturated heterocycles. The molecule has 3 aromatic rings. The van der Waals surface area contributed by atoms with Gasteiger partial charge in [0.1, 0.15) is 24.6 Å². The molecule has 10 nitrogen and oxygen atoms in total. The van der Waals surface area contributed by atoms with Crippen LogP contribution in [0.1, 0.15) is 6.23 Å². The van der Waals surface area contributed by atoms with Gasteiger partial charge in [-0.25, -0.2) is 15.0 Å². The van der Waals surface area contributed by atoms with E-state index in [0.29, 0.717) is 17.0 Å². The molecule has 1 aliphatic rings. The zero-order valence-electron chi connectivity index (χ0n) is 13.4. The Morgan fingerprint density at radius 1 is 1.28 bits per heavy atom. The van der Waals surface area contributed by atoms with E-state index in [4.69, 9.17) is 10.5 Å². The van der Waals surface area contributed by atoms with Crippen LogP contribution in [0.3, 0.4) is 0 Å². The number of hydrogen-bond acceptors (Lipinski definition) is 8. The Hall–Kier alpha value is -2.53. The second-order valence-corrected chi connectivity index (χ2v) is 5.97. The van der Waals surface area contributed by atoms with Gasteiger partial charge in [-0.05, 0) is 12.1 Å². The summed E-state index contributed by atoms with van der Waals surface area (Å²) in [4.78, 5) is 12.7. The average Bonchev–Trinajstić information content (AvgIpc) is 3.26. The molecule has 10 heteroatoms. The number of nitrogens with zero attached hydrogens (tertiary/aromatic N) is 5. The highest BCUT2D eigenvalue weighted by atomic mass is 16.6. The van der Waals surface area contributed by atoms with Crippen LogP contribution < -0.4 is 5.73 Å². The predicted octanol–water partition coefficient (Wildman–Crippen LogP) is -0.975. The molecule has 0 saturated carbocycles. The summed E-state index contributed by atoms with van der Waals surface area (Å²) in [7, 11) is 1.85. The fourth-order valence-corrected chi connectivity index (χ4v) is 3.13. The molecule has 4 atom stereocenters. The van der Waals surface area contributed by atoms with Crippen molar-refractivity contribution in [2.24, 2.45) is 7.05 Å². The van der Waals surface area contributed by atoms with Gasteiger partial charge < -0.3 is 30.4 Å². The first-order chi connectivity index (χ1) is 12.0. The monoisotopic (exact) mass is 346 g/mol. The lowest BCUT2D eigenvalue weighted by atomic mass is 10.1. The van der Waals surface area contributed by atoms with Crippen LogP contribution in [0.5, 0.6) is 0 Å². The first-order valence-corrected chi connectivity index (χ1v) is 7.75. The van der Waals surface area contributed by atoms with E-state index in [2.05, 4.69) is 15.0 Å². The van der Waals surface area contributed by atoms with Crippen LogP contribution >= 0.6 is 0 Å². The number of aliphatic hydroxyl groups is 3. The largest absolute Gasteiger partial charge is 0.394 e. The molecule has 0 amide bonds. The third kappa shape index (κ3) is 2.30. The Balaban J connectivity index is 1.96. The van der Waals surface area contributed by atoms with Gasteiger partial charge in [0.05, 0.1) is 12.3 Å². The highest BCUT2D eigenvalue weighted by Gasteiger charge is 2.45.